The smallest absolute Gasteiger partial charge is 0.425 e. The van der Waals surface area contributed by atoms with Gasteiger partial charge in [0.25, 0.3) is 0 Å². The van der Waals surface area contributed by atoms with Crippen molar-refractivity contribution in [3.05, 3.63) is 69.4 Å². The minimum Gasteiger partial charge on any atom is -0.480 e. The average molecular weight is 580 g/mol. The van der Waals surface area contributed by atoms with Gasteiger partial charge in [-0.1, -0.05) is 0 Å². The molecule has 2 atom stereocenters. The van der Waals surface area contributed by atoms with Crippen molar-refractivity contribution in [3.8, 4) is 17.5 Å². The maximum absolute atomic E-state index is 15.4. The molecule has 3 aromatic rings. The van der Waals surface area contributed by atoms with E-state index in [4.69, 9.17) is 14.2 Å². The number of rotatable bonds is 9. The van der Waals surface area contributed by atoms with Gasteiger partial charge in [0.15, 0.2) is 18.2 Å². The molecule has 0 N–H and O–H groups in total. The molecule has 1 saturated heterocycles. The van der Waals surface area contributed by atoms with Gasteiger partial charge >= 0.3 is 11.9 Å². The molecule has 1 aromatic carbocycles. The van der Waals surface area contributed by atoms with E-state index in [-0.39, 0.29) is 30.2 Å². The summed E-state index contributed by atoms with van der Waals surface area (Å²) in [5.74, 6) is -2.96. The second kappa shape index (κ2) is 12.6. The van der Waals surface area contributed by atoms with Crippen molar-refractivity contribution in [2.75, 3.05) is 6.61 Å². The van der Waals surface area contributed by atoms with Crippen molar-refractivity contribution in [2.45, 2.75) is 64.8 Å². The SMILES string of the molecule is CCn1c(COC2CCCCO2)nn(-c2cc(O[C@@H](C)C(F)(F)F)c(/C(F)=C/c3ncccc3C#N)cc2F)c1=O. The number of hydrogen-bond donors (Lipinski definition) is 0. The first-order valence-corrected chi connectivity index (χ1v) is 12.7. The van der Waals surface area contributed by atoms with Crippen molar-refractivity contribution in [3.63, 3.8) is 0 Å². The highest BCUT2D eigenvalue weighted by Crippen LogP contribution is 2.35. The van der Waals surface area contributed by atoms with E-state index in [0.29, 0.717) is 30.7 Å². The van der Waals surface area contributed by atoms with Crippen LogP contribution in [-0.2, 0) is 22.6 Å². The Balaban J connectivity index is 1.78. The second-order valence-corrected chi connectivity index (χ2v) is 9.10. The fourth-order valence-electron chi connectivity index (χ4n) is 4.10. The lowest BCUT2D eigenvalue weighted by atomic mass is 10.1. The zero-order valence-corrected chi connectivity index (χ0v) is 22.1. The molecular formula is C27H26F5N5O4. The lowest BCUT2D eigenvalue weighted by molar-refractivity contribution is -0.189. The number of nitrogens with zero attached hydrogens (tertiary/aromatic N) is 5. The fraction of sp³-hybridized carbons (Fsp3) is 0.407. The lowest BCUT2D eigenvalue weighted by Gasteiger charge is -2.22. The Morgan fingerprint density at radius 1 is 1.34 bits per heavy atom. The molecule has 218 valence electrons. The number of pyridine rings is 1. The van der Waals surface area contributed by atoms with E-state index in [1.54, 1.807) is 6.92 Å². The maximum Gasteiger partial charge on any atom is 0.425 e. The fourth-order valence-corrected chi connectivity index (χ4v) is 4.10. The van der Waals surface area contributed by atoms with Crippen LogP contribution in [0.5, 0.6) is 5.75 Å². The van der Waals surface area contributed by atoms with Crippen LogP contribution < -0.4 is 10.4 Å². The third-order valence-electron chi connectivity index (χ3n) is 6.31. The molecule has 1 aliphatic heterocycles. The zero-order valence-electron chi connectivity index (χ0n) is 22.1. The van der Waals surface area contributed by atoms with Crippen LogP contribution in [0.1, 0.15) is 55.8 Å². The number of ether oxygens (including phenoxy) is 3. The van der Waals surface area contributed by atoms with Crippen LogP contribution in [0, 0.1) is 17.1 Å². The van der Waals surface area contributed by atoms with E-state index in [0.717, 1.165) is 25.0 Å². The summed E-state index contributed by atoms with van der Waals surface area (Å²) in [6, 6.07) is 5.98. The number of aromatic nitrogens is 4. The van der Waals surface area contributed by atoms with E-state index in [1.807, 2.05) is 6.07 Å². The summed E-state index contributed by atoms with van der Waals surface area (Å²) in [4.78, 5) is 17.0. The van der Waals surface area contributed by atoms with Crippen LogP contribution in [0.4, 0.5) is 22.0 Å². The van der Waals surface area contributed by atoms with Gasteiger partial charge in [-0.05, 0) is 51.3 Å². The molecule has 0 aliphatic carbocycles. The van der Waals surface area contributed by atoms with Gasteiger partial charge in [-0.25, -0.2) is 13.6 Å². The summed E-state index contributed by atoms with van der Waals surface area (Å²) < 4.78 is 89.1. The van der Waals surface area contributed by atoms with Gasteiger partial charge in [0.1, 0.15) is 35.8 Å². The topological polar surface area (TPSA) is 104 Å². The minimum atomic E-state index is -4.84. The van der Waals surface area contributed by atoms with E-state index in [9.17, 15) is 23.2 Å². The molecule has 0 saturated carbocycles. The molecule has 41 heavy (non-hydrogen) atoms. The van der Waals surface area contributed by atoms with Crippen LogP contribution in [0.2, 0.25) is 0 Å². The molecule has 0 bridgehead atoms. The Morgan fingerprint density at radius 2 is 2.12 bits per heavy atom. The summed E-state index contributed by atoms with van der Waals surface area (Å²) >= 11 is 0. The Bertz CT molecular complexity index is 1520. The molecule has 14 heteroatoms. The van der Waals surface area contributed by atoms with Crippen molar-refractivity contribution >= 4 is 11.9 Å². The predicted octanol–water partition coefficient (Wildman–Crippen LogP) is 5.30. The first-order chi connectivity index (χ1) is 19.5. The van der Waals surface area contributed by atoms with E-state index < -0.39 is 52.9 Å². The number of benzene rings is 1. The van der Waals surface area contributed by atoms with Crippen molar-refractivity contribution in [1.29, 1.82) is 5.26 Å². The number of halogens is 5. The zero-order chi connectivity index (χ0) is 29.7. The highest BCUT2D eigenvalue weighted by molar-refractivity contribution is 5.80. The van der Waals surface area contributed by atoms with Gasteiger partial charge in [0.05, 0.1) is 16.8 Å². The third kappa shape index (κ3) is 6.80. The Hall–Kier alpha value is -4.09. The summed E-state index contributed by atoms with van der Waals surface area (Å²) in [5.41, 5.74) is -2.18. The van der Waals surface area contributed by atoms with E-state index >= 15 is 8.78 Å². The molecule has 0 radical (unpaired) electrons. The van der Waals surface area contributed by atoms with Crippen LogP contribution in [-0.4, -0.2) is 44.5 Å². The third-order valence-corrected chi connectivity index (χ3v) is 6.31. The van der Waals surface area contributed by atoms with E-state index in [2.05, 4.69) is 10.1 Å². The van der Waals surface area contributed by atoms with Gasteiger partial charge < -0.3 is 14.2 Å². The van der Waals surface area contributed by atoms with E-state index in [1.165, 1.54) is 22.9 Å². The standard InChI is InChI=1S/C27H26F5N5O4/c1-3-36-24(15-40-25-8-4-5-10-39-25)35-37(26(36)38)22-13-23(41-16(2)27(30,31)32)18(11-20(22)29)19(28)12-21-17(14-33)7-6-9-34-21/h6-7,9,11-13,16,25H,3-5,8,10,15H2,1-2H3/b19-12-/t16-,25?/m0/s1. The quantitative estimate of drug-likeness (QED) is 0.317. The summed E-state index contributed by atoms with van der Waals surface area (Å²) in [7, 11) is 0. The first-order valence-electron chi connectivity index (χ1n) is 12.7. The van der Waals surface area contributed by atoms with Crippen molar-refractivity contribution in [2.24, 2.45) is 0 Å². The summed E-state index contributed by atoms with van der Waals surface area (Å²) in [5, 5.41) is 13.4. The normalized spacial score (nSPS) is 16.8. The highest BCUT2D eigenvalue weighted by atomic mass is 19.4. The Morgan fingerprint density at radius 3 is 2.78 bits per heavy atom. The van der Waals surface area contributed by atoms with Crippen LogP contribution in [0.15, 0.2) is 35.3 Å². The largest absolute Gasteiger partial charge is 0.480 e. The molecule has 1 unspecified atom stereocenters. The molecule has 2 aromatic heterocycles. The number of hydrogen-bond acceptors (Lipinski definition) is 7. The van der Waals surface area contributed by atoms with Crippen molar-refractivity contribution in [1.82, 2.24) is 19.3 Å². The minimum absolute atomic E-state index is 0.0177. The Kier molecular flexibility index (Phi) is 9.19. The molecule has 0 amide bonds. The van der Waals surface area contributed by atoms with Crippen molar-refractivity contribution < 1.29 is 36.2 Å². The van der Waals surface area contributed by atoms with Crippen LogP contribution >= 0.6 is 0 Å². The van der Waals surface area contributed by atoms with Gasteiger partial charge in [0, 0.05) is 31.5 Å². The van der Waals surface area contributed by atoms with Crippen LogP contribution in [0.25, 0.3) is 17.6 Å². The monoisotopic (exact) mass is 579 g/mol. The molecule has 9 nitrogen and oxygen atoms in total. The Labute approximate surface area is 231 Å². The molecule has 3 heterocycles. The maximum atomic E-state index is 15.4. The van der Waals surface area contributed by atoms with Gasteiger partial charge in [-0.3, -0.25) is 9.55 Å². The average Bonchev–Trinajstić information content (AvgIpc) is 3.27. The molecular weight excluding hydrogens is 553 g/mol. The summed E-state index contributed by atoms with van der Waals surface area (Å²) in [6.07, 6.45) is -3.24. The molecule has 1 aliphatic rings. The molecule has 4 rings (SSSR count). The van der Waals surface area contributed by atoms with Gasteiger partial charge in [-0.15, -0.1) is 5.10 Å². The number of nitriles is 1. The summed E-state index contributed by atoms with van der Waals surface area (Å²) in [6.45, 7) is 2.87. The van der Waals surface area contributed by atoms with Gasteiger partial charge in [0.2, 0.25) is 0 Å². The lowest BCUT2D eigenvalue weighted by Crippen LogP contribution is -2.31. The highest BCUT2D eigenvalue weighted by Gasteiger charge is 2.39. The molecule has 0 spiro atoms. The van der Waals surface area contributed by atoms with Crippen LogP contribution in [0.3, 0.4) is 0 Å². The molecule has 1 fully saturated rings. The number of alkyl halides is 3. The first kappa shape index (κ1) is 29.9. The van der Waals surface area contributed by atoms with Gasteiger partial charge in [-0.2, -0.15) is 23.1 Å². The second-order valence-electron chi connectivity index (χ2n) is 9.10. The predicted molar refractivity (Wildman–Crippen MR) is 136 cm³/mol.